The van der Waals surface area contributed by atoms with E-state index < -0.39 is 11.9 Å². The Morgan fingerprint density at radius 2 is 2.10 bits per heavy atom. The van der Waals surface area contributed by atoms with Crippen LogP contribution in [0.3, 0.4) is 0 Å². The number of amides is 3. The number of anilines is 1. The summed E-state index contributed by atoms with van der Waals surface area (Å²) in [5.41, 5.74) is 2.28. The first-order chi connectivity index (χ1) is 15.1. The van der Waals surface area contributed by atoms with Gasteiger partial charge in [-0.3, -0.25) is 15.2 Å². The summed E-state index contributed by atoms with van der Waals surface area (Å²) in [6.07, 6.45) is 5.10. The third kappa shape index (κ3) is 3.08. The zero-order valence-electron chi connectivity index (χ0n) is 15.8. The number of carbonyl (C=O) groups is 2. The minimum absolute atomic E-state index is 0.0752. The van der Waals surface area contributed by atoms with E-state index in [1.54, 1.807) is 12.1 Å². The van der Waals surface area contributed by atoms with Gasteiger partial charge >= 0.3 is 12.0 Å². The van der Waals surface area contributed by atoms with Crippen LogP contribution in [0.25, 0.3) is 22.8 Å². The van der Waals surface area contributed by atoms with Gasteiger partial charge in [0, 0.05) is 11.6 Å². The molecule has 13 heteroatoms. The molecule has 0 spiro atoms. The molecule has 4 N–H and O–H groups in total. The lowest BCUT2D eigenvalue weighted by molar-refractivity contribution is -0.115. The van der Waals surface area contributed by atoms with Crippen molar-refractivity contribution >= 4 is 40.6 Å². The van der Waals surface area contributed by atoms with E-state index in [1.807, 2.05) is 6.07 Å². The van der Waals surface area contributed by atoms with Crippen LogP contribution in [0.15, 0.2) is 30.1 Å². The molecule has 1 saturated carbocycles. The number of benzene rings is 1. The van der Waals surface area contributed by atoms with Gasteiger partial charge in [-0.05, 0) is 31.1 Å². The molecule has 0 bridgehead atoms. The molecule has 2 fully saturated rings. The number of nitrogens with one attached hydrogen (secondary N) is 4. The number of aromatic amines is 1. The van der Waals surface area contributed by atoms with Gasteiger partial charge in [0.1, 0.15) is 5.70 Å². The van der Waals surface area contributed by atoms with Crippen LogP contribution in [0.4, 0.5) is 10.7 Å². The maximum absolute atomic E-state index is 11.9. The van der Waals surface area contributed by atoms with Crippen molar-refractivity contribution in [3.05, 3.63) is 35.7 Å². The highest BCUT2D eigenvalue weighted by Crippen LogP contribution is 2.29. The number of ether oxygens (including phenoxy) is 1. The second-order valence-electron chi connectivity index (χ2n) is 7.12. The van der Waals surface area contributed by atoms with E-state index >= 15 is 0 Å². The Bertz CT molecular complexity index is 1400. The fourth-order valence-electron chi connectivity index (χ4n) is 3.19. The average Bonchev–Trinajstić information content (AvgIpc) is 3.13. The van der Waals surface area contributed by atoms with Gasteiger partial charge in [-0.2, -0.15) is 19.6 Å². The summed E-state index contributed by atoms with van der Waals surface area (Å²) in [4.78, 5) is 32.2. The lowest BCUT2D eigenvalue weighted by Gasteiger charge is -2.09. The largest absolute Gasteiger partial charge is 0.422 e. The van der Waals surface area contributed by atoms with Gasteiger partial charge < -0.3 is 15.4 Å². The molecular formula is C18H14N10O3. The van der Waals surface area contributed by atoms with Gasteiger partial charge in [-0.25, -0.2) is 4.79 Å². The molecule has 1 aromatic carbocycles. The molecule has 3 amide bonds. The van der Waals surface area contributed by atoms with Crippen molar-refractivity contribution < 1.29 is 14.3 Å². The third-order valence-corrected chi connectivity index (χ3v) is 4.83. The zero-order chi connectivity index (χ0) is 20.9. The molecule has 0 unspecified atom stereocenters. The molecule has 4 aromatic rings. The first-order valence-electron chi connectivity index (χ1n) is 9.48. The Labute approximate surface area is 172 Å². The third-order valence-electron chi connectivity index (χ3n) is 4.83. The Balaban J connectivity index is 1.45. The standard InChI is InChI=1S/C18H14N10O3/c29-15-11(21-17(30)23-15)6-8-7-19-28-14(8)22-18(24-16(28)20-9-4-5-9)31-12-3-1-2-10-13(12)26-27-25-10/h1-3,6-7,9H,4-5H2,(H,20,22,24)(H,25,26,27)(H2,21,23,29,30)/b11-6-. The van der Waals surface area contributed by atoms with Crippen LogP contribution < -0.4 is 20.7 Å². The fraction of sp³-hybridized carbons (Fsp3) is 0.167. The Morgan fingerprint density at radius 1 is 1.19 bits per heavy atom. The second-order valence-corrected chi connectivity index (χ2v) is 7.12. The van der Waals surface area contributed by atoms with Crippen molar-refractivity contribution in [1.82, 2.24) is 45.6 Å². The van der Waals surface area contributed by atoms with Gasteiger partial charge in [0.05, 0.1) is 11.7 Å². The molecule has 0 radical (unpaired) electrons. The summed E-state index contributed by atoms with van der Waals surface area (Å²) in [6.45, 7) is 0. The Morgan fingerprint density at radius 3 is 2.90 bits per heavy atom. The quantitative estimate of drug-likeness (QED) is 0.273. The van der Waals surface area contributed by atoms with Crippen LogP contribution >= 0.6 is 0 Å². The van der Waals surface area contributed by atoms with Crippen LogP contribution in [0, 0.1) is 0 Å². The summed E-state index contributed by atoms with van der Waals surface area (Å²) in [5, 5.41) is 22.9. The lowest BCUT2D eigenvalue weighted by Crippen LogP contribution is -2.22. The highest BCUT2D eigenvalue weighted by atomic mass is 16.5. The van der Waals surface area contributed by atoms with E-state index in [0.717, 1.165) is 12.8 Å². The van der Waals surface area contributed by atoms with Crippen molar-refractivity contribution in [3.8, 4) is 11.8 Å². The number of imide groups is 1. The minimum atomic E-state index is -0.580. The van der Waals surface area contributed by atoms with Crippen LogP contribution in [0.5, 0.6) is 11.8 Å². The number of hydrogen-bond donors (Lipinski definition) is 4. The van der Waals surface area contributed by atoms with E-state index in [9.17, 15) is 9.59 Å². The fourth-order valence-corrected chi connectivity index (χ4v) is 3.19. The maximum Gasteiger partial charge on any atom is 0.327 e. The molecule has 2 aliphatic rings. The van der Waals surface area contributed by atoms with Crippen molar-refractivity contribution in [2.45, 2.75) is 18.9 Å². The summed E-state index contributed by atoms with van der Waals surface area (Å²) in [7, 11) is 0. The summed E-state index contributed by atoms with van der Waals surface area (Å²) >= 11 is 0. The summed E-state index contributed by atoms with van der Waals surface area (Å²) < 4.78 is 7.47. The molecule has 0 atom stereocenters. The molecule has 154 valence electrons. The number of nitrogens with zero attached hydrogens (tertiary/aromatic N) is 6. The highest BCUT2D eigenvalue weighted by Gasteiger charge is 2.26. The summed E-state index contributed by atoms with van der Waals surface area (Å²) in [5.74, 6) is 0.373. The minimum Gasteiger partial charge on any atom is -0.422 e. The van der Waals surface area contributed by atoms with Crippen molar-refractivity contribution in [3.63, 3.8) is 0 Å². The Kier molecular flexibility index (Phi) is 3.62. The number of fused-ring (bicyclic) bond motifs is 2. The maximum atomic E-state index is 11.9. The molecule has 1 saturated heterocycles. The van der Waals surface area contributed by atoms with Gasteiger partial charge in [-0.1, -0.05) is 11.3 Å². The van der Waals surface area contributed by atoms with Gasteiger partial charge in [-0.15, -0.1) is 5.10 Å². The predicted octanol–water partition coefficient (Wildman–Crippen LogP) is 0.942. The molecule has 1 aliphatic heterocycles. The van der Waals surface area contributed by atoms with Crippen LogP contribution in [0.2, 0.25) is 0 Å². The first-order valence-corrected chi connectivity index (χ1v) is 9.48. The smallest absolute Gasteiger partial charge is 0.327 e. The van der Waals surface area contributed by atoms with Crippen molar-refractivity contribution in [1.29, 1.82) is 0 Å². The molecular weight excluding hydrogens is 404 g/mol. The van der Waals surface area contributed by atoms with Crippen molar-refractivity contribution in [2.75, 3.05) is 5.32 Å². The monoisotopic (exact) mass is 418 g/mol. The first kappa shape index (κ1) is 17.3. The molecule has 4 heterocycles. The van der Waals surface area contributed by atoms with E-state index in [4.69, 9.17) is 4.74 Å². The van der Waals surface area contributed by atoms with Crippen molar-refractivity contribution in [2.24, 2.45) is 0 Å². The van der Waals surface area contributed by atoms with E-state index in [2.05, 4.69) is 46.4 Å². The molecule has 1 aliphatic carbocycles. The van der Waals surface area contributed by atoms with Gasteiger partial charge in [0.25, 0.3) is 5.91 Å². The number of urea groups is 1. The number of hydrogen-bond acceptors (Lipinski definition) is 9. The molecule has 6 rings (SSSR count). The van der Waals surface area contributed by atoms with E-state index in [0.29, 0.717) is 40.0 Å². The van der Waals surface area contributed by atoms with Crippen LogP contribution in [-0.2, 0) is 4.79 Å². The normalized spacial score (nSPS) is 17.4. The SMILES string of the molecule is O=C1NC(=O)/C(=C/c2cnn3c(NC4CC4)nc(Oc4cccc5[nH]nnc45)nc23)N1. The molecule has 31 heavy (non-hydrogen) atoms. The summed E-state index contributed by atoms with van der Waals surface area (Å²) in [6, 6.07) is 5.17. The number of carbonyl (C=O) groups excluding carboxylic acids is 2. The average molecular weight is 418 g/mol. The molecule has 13 nitrogen and oxygen atoms in total. The number of aromatic nitrogens is 7. The number of H-pyrrole nitrogens is 1. The predicted molar refractivity (Wildman–Crippen MR) is 106 cm³/mol. The van der Waals surface area contributed by atoms with Gasteiger partial charge in [0.2, 0.25) is 5.95 Å². The van der Waals surface area contributed by atoms with Crippen LogP contribution in [-0.4, -0.2) is 53.0 Å². The van der Waals surface area contributed by atoms with E-state index in [1.165, 1.54) is 16.8 Å². The molecule has 3 aromatic heterocycles. The number of rotatable bonds is 5. The van der Waals surface area contributed by atoms with E-state index in [-0.39, 0.29) is 11.7 Å². The van der Waals surface area contributed by atoms with Crippen LogP contribution in [0.1, 0.15) is 18.4 Å². The zero-order valence-corrected chi connectivity index (χ0v) is 15.8. The lowest BCUT2D eigenvalue weighted by atomic mass is 10.2. The topological polar surface area (TPSA) is 164 Å². The Hall–Kier alpha value is -4.55. The van der Waals surface area contributed by atoms with Gasteiger partial charge in [0.15, 0.2) is 16.9 Å². The highest BCUT2D eigenvalue weighted by molar-refractivity contribution is 6.14. The second kappa shape index (κ2) is 6.48.